The second-order valence-corrected chi connectivity index (χ2v) is 5.88. The minimum atomic E-state index is -0.434. The first-order chi connectivity index (χ1) is 10.3. The van der Waals surface area contributed by atoms with Crippen molar-refractivity contribution in [3.63, 3.8) is 0 Å². The molecule has 1 aliphatic heterocycles. The molecular weight excluding hydrogens is 280 g/mol. The molecule has 0 radical (unpaired) electrons. The van der Waals surface area contributed by atoms with Gasteiger partial charge in [0.05, 0.1) is 6.54 Å². The largest absolute Gasteiger partial charge is 0.491 e. The van der Waals surface area contributed by atoms with E-state index in [1.807, 2.05) is 32.0 Å². The van der Waals surface area contributed by atoms with Gasteiger partial charge in [-0.1, -0.05) is 12.1 Å². The number of likely N-dealkylation sites (N-methyl/N-ethyl adjacent to an activating group) is 1. The van der Waals surface area contributed by atoms with Crippen LogP contribution >= 0.6 is 0 Å². The second-order valence-electron chi connectivity index (χ2n) is 5.88. The van der Waals surface area contributed by atoms with E-state index in [4.69, 9.17) is 4.74 Å². The monoisotopic (exact) mass is 304 g/mol. The van der Waals surface area contributed by atoms with Gasteiger partial charge in [0.15, 0.2) is 0 Å². The summed E-state index contributed by atoms with van der Waals surface area (Å²) in [6, 6.07) is 5.06. The van der Waals surface area contributed by atoms with E-state index in [-0.39, 0.29) is 11.8 Å². The van der Waals surface area contributed by atoms with Crippen LogP contribution in [0.15, 0.2) is 18.2 Å². The summed E-state index contributed by atoms with van der Waals surface area (Å²) in [5.74, 6) is 0.770. The van der Waals surface area contributed by atoms with E-state index >= 15 is 0 Å². The molecule has 5 nitrogen and oxygen atoms in total. The molecule has 0 bridgehead atoms. The Morgan fingerprint density at radius 2 is 1.77 bits per heavy atom. The fourth-order valence-corrected chi connectivity index (χ4v) is 2.65. The van der Waals surface area contributed by atoms with E-state index in [1.165, 1.54) is 10.5 Å². The Morgan fingerprint density at radius 1 is 1.09 bits per heavy atom. The third-order valence-electron chi connectivity index (χ3n) is 4.54. The predicted molar refractivity (Wildman–Crippen MR) is 84.8 cm³/mol. The van der Waals surface area contributed by atoms with Gasteiger partial charge in [-0.15, -0.1) is 0 Å². The van der Waals surface area contributed by atoms with Crippen LogP contribution in [0.25, 0.3) is 0 Å². The fourth-order valence-electron chi connectivity index (χ4n) is 2.65. The molecule has 0 N–H and O–H groups in total. The molecule has 5 heteroatoms. The van der Waals surface area contributed by atoms with Crippen LogP contribution < -0.4 is 4.74 Å². The normalized spacial score (nSPS) is 22.2. The summed E-state index contributed by atoms with van der Waals surface area (Å²) >= 11 is 0. The molecule has 1 aromatic carbocycles. The van der Waals surface area contributed by atoms with Gasteiger partial charge >= 0.3 is 0 Å². The molecule has 2 amide bonds. The van der Waals surface area contributed by atoms with Crippen molar-refractivity contribution in [1.29, 1.82) is 0 Å². The number of rotatable bonds is 4. The van der Waals surface area contributed by atoms with E-state index in [1.54, 1.807) is 25.8 Å². The van der Waals surface area contributed by atoms with Gasteiger partial charge in [-0.2, -0.15) is 0 Å². The van der Waals surface area contributed by atoms with Gasteiger partial charge in [0.25, 0.3) is 0 Å². The highest BCUT2D eigenvalue weighted by Crippen LogP contribution is 2.21. The fraction of sp³-hybridized carbons (Fsp3) is 0.529. The maximum Gasteiger partial charge on any atom is 0.245 e. The summed E-state index contributed by atoms with van der Waals surface area (Å²) in [6.45, 7) is 8.36. The van der Waals surface area contributed by atoms with Crippen LogP contribution in [0.4, 0.5) is 0 Å². The lowest BCUT2D eigenvalue weighted by Gasteiger charge is -2.41. The maximum atomic E-state index is 12.3. The van der Waals surface area contributed by atoms with Gasteiger partial charge in [-0.25, -0.2) is 0 Å². The number of hydrogen-bond acceptors (Lipinski definition) is 3. The molecule has 0 aromatic heterocycles. The molecule has 0 spiro atoms. The van der Waals surface area contributed by atoms with Crippen molar-refractivity contribution in [1.82, 2.24) is 9.80 Å². The zero-order chi connectivity index (χ0) is 16.4. The van der Waals surface area contributed by atoms with Crippen LogP contribution in [0.2, 0.25) is 0 Å². The number of hydrogen-bond donors (Lipinski definition) is 0. The quantitative estimate of drug-likeness (QED) is 0.851. The van der Waals surface area contributed by atoms with Crippen molar-refractivity contribution in [2.45, 2.75) is 39.8 Å². The van der Waals surface area contributed by atoms with Gasteiger partial charge < -0.3 is 14.5 Å². The van der Waals surface area contributed by atoms with E-state index in [2.05, 4.69) is 0 Å². The van der Waals surface area contributed by atoms with Crippen LogP contribution in [0.3, 0.4) is 0 Å². The molecule has 1 fully saturated rings. The molecular formula is C17H24N2O3. The molecule has 0 aliphatic carbocycles. The maximum absolute atomic E-state index is 12.3. The molecule has 1 heterocycles. The summed E-state index contributed by atoms with van der Waals surface area (Å²) in [4.78, 5) is 27.6. The molecule has 1 aromatic rings. The number of benzene rings is 1. The smallest absolute Gasteiger partial charge is 0.245 e. The zero-order valence-electron chi connectivity index (χ0n) is 13.9. The zero-order valence-corrected chi connectivity index (χ0v) is 13.9. The summed E-state index contributed by atoms with van der Waals surface area (Å²) < 4.78 is 5.80. The van der Waals surface area contributed by atoms with Crippen LogP contribution in [0, 0.1) is 13.8 Å². The van der Waals surface area contributed by atoms with Gasteiger partial charge in [-0.05, 0) is 44.9 Å². The van der Waals surface area contributed by atoms with Crippen LogP contribution in [0.1, 0.15) is 25.0 Å². The van der Waals surface area contributed by atoms with E-state index < -0.39 is 12.1 Å². The Morgan fingerprint density at radius 3 is 2.45 bits per heavy atom. The highest BCUT2D eigenvalue weighted by molar-refractivity contribution is 5.96. The highest BCUT2D eigenvalue weighted by atomic mass is 16.5. The van der Waals surface area contributed by atoms with Gasteiger partial charge in [0.2, 0.25) is 11.8 Å². The van der Waals surface area contributed by atoms with Crippen LogP contribution in [-0.2, 0) is 9.59 Å². The number of nitrogens with zero attached hydrogens (tertiary/aromatic N) is 2. The van der Waals surface area contributed by atoms with Crippen molar-refractivity contribution in [2.24, 2.45) is 0 Å². The first-order valence-electron chi connectivity index (χ1n) is 7.60. The molecule has 0 saturated carbocycles. The number of carbonyl (C=O) groups is 2. The molecule has 2 rings (SSSR count). The number of carbonyl (C=O) groups excluding carboxylic acids is 2. The molecule has 1 saturated heterocycles. The summed E-state index contributed by atoms with van der Waals surface area (Å²) in [6.07, 6.45) is 0. The SMILES string of the molecule is Cc1cccc(OCCN2C(=O)[C@H](C)N(C)C(=O)[C@@H]2C)c1C. The van der Waals surface area contributed by atoms with E-state index in [0.29, 0.717) is 13.2 Å². The Hall–Kier alpha value is -2.04. The summed E-state index contributed by atoms with van der Waals surface area (Å²) in [7, 11) is 1.67. The first-order valence-corrected chi connectivity index (χ1v) is 7.60. The lowest BCUT2D eigenvalue weighted by molar-refractivity contribution is -0.158. The predicted octanol–water partition coefficient (Wildman–Crippen LogP) is 1.76. The first kappa shape index (κ1) is 16.3. The highest BCUT2D eigenvalue weighted by Gasteiger charge is 2.39. The minimum absolute atomic E-state index is 0.0286. The topological polar surface area (TPSA) is 49.9 Å². The lowest BCUT2D eigenvalue weighted by Crippen LogP contribution is -2.62. The Labute approximate surface area is 131 Å². The molecule has 1 aliphatic rings. The number of ether oxygens (including phenoxy) is 1. The second kappa shape index (κ2) is 6.38. The number of piperazine rings is 1. The van der Waals surface area contributed by atoms with Gasteiger partial charge in [-0.3, -0.25) is 9.59 Å². The lowest BCUT2D eigenvalue weighted by atomic mass is 10.1. The molecule has 2 atom stereocenters. The standard InChI is InChI=1S/C17H24N2O3/c1-11-7-6-8-15(12(11)2)22-10-9-19-14(4)16(20)18(5)13(3)17(19)21/h6-8,13-14H,9-10H2,1-5H3/t13-,14-/m0/s1. The van der Waals surface area contributed by atoms with Crippen molar-refractivity contribution in [3.8, 4) is 5.75 Å². The Bertz CT molecular complexity index is 585. The molecule has 0 unspecified atom stereocenters. The third kappa shape index (κ3) is 2.93. The molecule has 120 valence electrons. The Kier molecular flexibility index (Phi) is 4.74. The van der Waals surface area contributed by atoms with E-state index in [9.17, 15) is 9.59 Å². The van der Waals surface area contributed by atoms with Crippen molar-refractivity contribution in [3.05, 3.63) is 29.3 Å². The summed E-state index contributed by atoms with van der Waals surface area (Å²) in [5.41, 5.74) is 2.27. The average Bonchev–Trinajstić information content (AvgIpc) is 2.50. The number of amides is 2. The van der Waals surface area contributed by atoms with Gasteiger partial charge in [0, 0.05) is 7.05 Å². The molecule has 22 heavy (non-hydrogen) atoms. The van der Waals surface area contributed by atoms with Gasteiger partial charge in [0.1, 0.15) is 24.4 Å². The number of aryl methyl sites for hydroxylation is 1. The average molecular weight is 304 g/mol. The van der Waals surface area contributed by atoms with Crippen molar-refractivity contribution >= 4 is 11.8 Å². The van der Waals surface area contributed by atoms with E-state index in [0.717, 1.165) is 11.3 Å². The third-order valence-corrected chi connectivity index (χ3v) is 4.54. The van der Waals surface area contributed by atoms with Crippen LogP contribution in [-0.4, -0.2) is 53.9 Å². The van der Waals surface area contributed by atoms with Crippen molar-refractivity contribution in [2.75, 3.05) is 20.2 Å². The summed E-state index contributed by atoms with van der Waals surface area (Å²) in [5, 5.41) is 0. The Balaban J connectivity index is 2.00. The van der Waals surface area contributed by atoms with Crippen LogP contribution in [0.5, 0.6) is 5.75 Å². The minimum Gasteiger partial charge on any atom is -0.491 e. The van der Waals surface area contributed by atoms with Crippen molar-refractivity contribution < 1.29 is 14.3 Å².